The lowest BCUT2D eigenvalue weighted by Crippen LogP contribution is -2.56. The van der Waals surface area contributed by atoms with E-state index in [0.717, 1.165) is 4.68 Å². The Labute approximate surface area is 207 Å². The van der Waals surface area contributed by atoms with Gasteiger partial charge in [0, 0.05) is 17.7 Å². The minimum absolute atomic E-state index is 0.0968. The molecule has 192 valence electrons. The van der Waals surface area contributed by atoms with Crippen molar-refractivity contribution >= 4 is 16.6 Å². The Hall–Kier alpha value is -4.08. The molecular formula is C23H22N6O8. The van der Waals surface area contributed by atoms with Crippen LogP contribution in [0.15, 0.2) is 59.5 Å². The van der Waals surface area contributed by atoms with E-state index in [1.807, 2.05) is 0 Å². The van der Waals surface area contributed by atoms with Crippen molar-refractivity contribution in [3.8, 4) is 11.4 Å². The molecule has 2 aromatic heterocycles. The molecule has 14 heteroatoms. The number of aliphatic hydroxyl groups is 4. The first-order valence-corrected chi connectivity index (χ1v) is 11.2. The standard InChI is InChI=1S/C23H22N6O8/c30-11-17-18(31)19(32)20(33)23(37-17)28-10-13(25-26-28)9-27-21(12-5-7-14(8-6-12)29(35)36)24-16-4-2-1-3-15(16)22(27)34/h1-8,10,17-20,23,30-33H,9,11H2/t17-,18-,19+,20-,23-/m1/s1. The van der Waals surface area contributed by atoms with Crippen LogP contribution in [0, 0.1) is 10.1 Å². The quantitative estimate of drug-likeness (QED) is 0.194. The number of aliphatic hydroxyl groups excluding tert-OH is 4. The molecule has 14 nitrogen and oxygen atoms in total. The molecule has 4 aromatic rings. The number of ether oxygens (including phenoxy) is 1. The summed E-state index contributed by atoms with van der Waals surface area (Å²) in [7, 11) is 0. The maximum absolute atomic E-state index is 13.4. The topological polar surface area (TPSA) is 199 Å². The van der Waals surface area contributed by atoms with Gasteiger partial charge in [0.25, 0.3) is 11.2 Å². The molecule has 1 aliphatic heterocycles. The van der Waals surface area contributed by atoms with Gasteiger partial charge in [0.15, 0.2) is 6.23 Å². The van der Waals surface area contributed by atoms with Gasteiger partial charge in [0.1, 0.15) is 35.9 Å². The minimum atomic E-state index is -1.59. The summed E-state index contributed by atoms with van der Waals surface area (Å²) in [6, 6.07) is 12.4. The van der Waals surface area contributed by atoms with Crippen molar-refractivity contribution in [2.75, 3.05) is 6.61 Å². The van der Waals surface area contributed by atoms with Crippen molar-refractivity contribution < 1.29 is 30.1 Å². The zero-order valence-electron chi connectivity index (χ0n) is 19.1. The number of fused-ring (bicyclic) bond motifs is 1. The number of rotatable bonds is 6. The zero-order valence-corrected chi connectivity index (χ0v) is 19.1. The molecule has 1 saturated heterocycles. The van der Waals surface area contributed by atoms with Gasteiger partial charge in [-0.1, -0.05) is 17.3 Å². The minimum Gasteiger partial charge on any atom is -0.394 e. The van der Waals surface area contributed by atoms with Gasteiger partial charge in [0.2, 0.25) is 0 Å². The number of hydrogen-bond acceptors (Lipinski definition) is 11. The molecule has 5 atom stereocenters. The van der Waals surface area contributed by atoms with Crippen molar-refractivity contribution in [3.63, 3.8) is 0 Å². The van der Waals surface area contributed by atoms with E-state index < -0.39 is 42.2 Å². The summed E-state index contributed by atoms with van der Waals surface area (Å²) in [5.74, 6) is 0.251. The summed E-state index contributed by atoms with van der Waals surface area (Å²) < 4.78 is 7.98. The van der Waals surface area contributed by atoms with Crippen LogP contribution in [0.3, 0.4) is 0 Å². The number of non-ortho nitro benzene ring substituents is 1. The van der Waals surface area contributed by atoms with Crippen LogP contribution in [-0.2, 0) is 11.3 Å². The summed E-state index contributed by atoms with van der Waals surface area (Å²) in [5, 5.41) is 59.3. The highest BCUT2D eigenvalue weighted by Crippen LogP contribution is 2.28. The van der Waals surface area contributed by atoms with Crippen LogP contribution in [0.4, 0.5) is 5.69 Å². The monoisotopic (exact) mass is 510 g/mol. The molecule has 0 radical (unpaired) electrons. The molecule has 0 aliphatic carbocycles. The SMILES string of the molecule is O=c1c2ccccc2nc(-c2ccc([N+](=O)[O-])cc2)n1Cc1cn([C@@H]2O[C@H](CO)[C@@H](O)[C@H](O)[C@H]2O)nn1. The zero-order chi connectivity index (χ0) is 26.3. The number of aromatic nitrogens is 5. The van der Waals surface area contributed by atoms with E-state index in [4.69, 9.17) is 4.74 Å². The van der Waals surface area contributed by atoms with Crippen LogP contribution < -0.4 is 5.56 Å². The number of hydrogen-bond donors (Lipinski definition) is 4. The van der Waals surface area contributed by atoms with Crippen molar-refractivity contribution in [1.82, 2.24) is 24.5 Å². The molecule has 0 amide bonds. The molecule has 1 fully saturated rings. The Morgan fingerprint density at radius 3 is 2.46 bits per heavy atom. The van der Waals surface area contributed by atoms with Gasteiger partial charge in [0.05, 0.1) is 35.2 Å². The fourth-order valence-electron chi connectivity index (χ4n) is 4.24. The van der Waals surface area contributed by atoms with Gasteiger partial charge >= 0.3 is 0 Å². The third kappa shape index (κ3) is 4.47. The average Bonchev–Trinajstić information content (AvgIpc) is 3.37. The lowest BCUT2D eigenvalue weighted by atomic mass is 9.98. The van der Waals surface area contributed by atoms with Gasteiger partial charge in [-0.05, 0) is 24.3 Å². The van der Waals surface area contributed by atoms with Crippen molar-refractivity contribution in [2.45, 2.75) is 37.2 Å². The molecular weight excluding hydrogens is 488 g/mol. The third-order valence-corrected chi connectivity index (χ3v) is 6.20. The first-order valence-electron chi connectivity index (χ1n) is 11.2. The fraction of sp³-hybridized carbons (Fsp3) is 0.304. The predicted molar refractivity (Wildman–Crippen MR) is 126 cm³/mol. The molecule has 4 N–H and O–H groups in total. The van der Waals surface area contributed by atoms with E-state index in [1.54, 1.807) is 24.3 Å². The predicted octanol–water partition coefficient (Wildman–Crippen LogP) is -0.416. The molecule has 0 bridgehead atoms. The van der Waals surface area contributed by atoms with Crippen molar-refractivity contribution in [1.29, 1.82) is 0 Å². The molecule has 3 heterocycles. The smallest absolute Gasteiger partial charge is 0.269 e. The number of benzene rings is 2. The molecule has 37 heavy (non-hydrogen) atoms. The highest BCUT2D eigenvalue weighted by atomic mass is 16.6. The van der Waals surface area contributed by atoms with E-state index in [2.05, 4.69) is 15.3 Å². The maximum atomic E-state index is 13.4. The van der Waals surface area contributed by atoms with Gasteiger partial charge in [-0.15, -0.1) is 5.10 Å². The number of nitro groups is 1. The maximum Gasteiger partial charge on any atom is 0.269 e. The number of nitrogens with zero attached hydrogens (tertiary/aromatic N) is 6. The normalized spacial score (nSPS) is 23.8. The molecule has 2 aromatic carbocycles. The van der Waals surface area contributed by atoms with Crippen molar-refractivity contribution in [2.24, 2.45) is 0 Å². The van der Waals surface area contributed by atoms with E-state index >= 15 is 0 Å². The van der Waals surface area contributed by atoms with Gasteiger partial charge in [-0.2, -0.15) is 0 Å². The molecule has 0 saturated carbocycles. The second kappa shape index (κ2) is 9.76. The fourth-order valence-corrected chi connectivity index (χ4v) is 4.24. The lowest BCUT2D eigenvalue weighted by Gasteiger charge is -2.39. The summed E-state index contributed by atoms with van der Waals surface area (Å²) in [6.45, 7) is -0.694. The Bertz CT molecular complexity index is 1500. The third-order valence-electron chi connectivity index (χ3n) is 6.20. The largest absolute Gasteiger partial charge is 0.394 e. The lowest BCUT2D eigenvalue weighted by molar-refractivity contribution is -0.384. The molecule has 0 unspecified atom stereocenters. The van der Waals surface area contributed by atoms with Crippen LogP contribution >= 0.6 is 0 Å². The summed E-state index contributed by atoms with van der Waals surface area (Å²) in [5.41, 5.74) is 0.707. The first kappa shape index (κ1) is 24.6. The van der Waals surface area contributed by atoms with E-state index in [-0.39, 0.29) is 29.3 Å². The Balaban J connectivity index is 1.53. The van der Waals surface area contributed by atoms with Gasteiger partial charge in [-0.3, -0.25) is 19.5 Å². The Morgan fingerprint density at radius 1 is 1.03 bits per heavy atom. The first-order chi connectivity index (χ1) is 17.8. The number of nitro benzene ring substituents is 1. The molecule has 0 spiro atoms. The molecule has 1 aliphatic rings. The average molecular weight is 510 g/mol. The summed E-state index contributed by atoms with van der Waals surface area (Å²) in [4.78, 5) is 28.6. The second-order valence-electron chi connectivity index (χ2n) is 8.56. The van der Waals surface area contributed by atoms with Crippen LogP contribution in [0.1, 0.15) is 11.9 Å². The summed E-state index contributed by atoms with van der Waals surface area (Å²) >= 11 is 0. The number of para-hydroxylation sites is 1. The van der Waals surface area contributed by atoms with Gasteiger partial charge in [-0.25, -0.2) is 9.67 Å². The Morgan fingerprint density at radius 2 is 1.76 bits per heavy atom. The summed E-state index contributed by atoms with van der Waals surface area (Å²) in [6.07, 6.45) is -5.66. The highest BCUT2D eigenvalue weighted by Gasteiger charge is 2.44. The van der Waals surface area contributed by atoms with Crippen LogP contribution in [0.5, 0.6) is 0 Å². The van der Waals surface area contributed by atoms with E-state index in [0.29, 0.717) is 16.5 Å². The highest BCUT2D eigenvalue weighted by molar-refractivity contribution is 5.79. The van der Waals surface area contributed by atoms with Gasteiger partial charge < -0.3 is 25.2 Å². The molecule has 5 rings (SSSR count). The second-order valence-corrected chi connectivity index (χ2v) is 8.56. The van der Waals surface area contributed by atoms with Crippen LogP contribution in [0.2, 0.25) is 0 Å². The van der Waals surface area contributed by atoms with Crippen molar-refractivity contribution in [3.05, 3.63) is 80.9 Å². The van der Waals surface area contributed by atoms with E-state index in [9.17, 15) is 35.3 Å². The van der Waals surface area contributed by atoms with E-state index in [1.165, 1.54) is 35.0 Å². The Kier molecular flexibility index (Phi) is 6.49. The van der Waals surface area contributed by atoms with Crippen LogP contribution in [0.25, 0.3) is 22.3 Å². The van der Waals surface area contributed by atoms with Crippen LogP contribution in [-0.4, -0.2) is 80.9 Å².